The van der Waals surface area contributed by atoms with Gasteiger partial charge in [-0.05, 0) is 38.5 Å². The van der Waals surface area contributed by atoms with Crippen molar-refractivity contribution in [3.8, 4) is 0 Å². The number of rotatable bonds is 3. The van der Waals surface area contributed by atoms with Crippen LogP contribution >= 0.6 is 0 Å². The van der Waals surface area contributed by atoms with Gasteiger partial charge < -0.3 is 11.1 Å². The lowest BCUT2D eigenvalue weighted by molar-refractivity contribution is 1.02. The Morgan fingerprint density at radius 3 is 2.79 bits per heavy atom. The summed E-state index contributed by atoms with van der Waals surface area (Å²) in [5, 5.41) is 10.2. The minimum atomic E-state index is 0.408. The van der Waals surface area contributed by atoms with Crippen LogP contribution in [0.2, 0.25) is 0 Å². The molecule has 0 atom stereocenters. The minimum absolute atomic E-state index is 0.408. The second-order valence-corrected chi connectivity index (χ2v) is 4.61. The smallest absolute Gasteiger partial charge is 0.193 e. The molecule has 1 aromatic heterocycles. The fourth-order valence-electron chi connectivity index (χ4n) is 1.88. The lowest BCUT2D eigenvalue weighted by Gasteiger charge is -2.06. The van der Waals surface area contributed by atoms with Crippen molar-refractivity contribution in [2.75, 3.05) is 5.32 Å². The Labute approximate surface area is 112 Å². The number of nitrogens with one attached hydrogen (secondary N) is 2. The summed E-state index contributed by atoms with van der Waals surface area (Å²) in [6, 6.07) is 8.01. The van der Waals surface area contributed by atoms with Crippen molar-refractivity contribution in [3.63, 3.8) is 0 Å². The van der Waals surface area contributed by atoms with Gasteiger partial charge >= 0.3 is 0 Å². The average Bonchev–Trinajstić information content (AvgIpc) is 2.67. The zero-order valence-electron chi connectivity index (χ0n) is 11.5. The van der Waals surface area contributed by atoms with Crippen LogP contribution in [0, 0.1) is 20.8 Å². The summed E-state index contributed by atoms with van der Waals surface area (Å²) in [6.07, 6.45) is 0. The van der Waals surface area contributed by atoms with Crippen molar-refractivity contribution in [1.82, 2.24) is 10.2 Å². The van der Waals surface area contributed by atoms with Gasteiger partial charge in [0.15, 0.2) is 5.96 Å². The third kappa shape index (κ3) is 3.34. The number of guanidine groups is 1. The molecule has 19 heavy (non-hydrogen) atoms. The highest BCUT2D eigenvalue weighted by Gasteiger charge is 2.05. The van der Waals surface area contributed by atoms with E-state index in [9.17, 15) is 0 Å². The number of aryl methyl sites for hydroxylation is 3. The number of aromatic nitrogens is 2. The van der Waals surface area contributed by atoms with Crippen LogP contribution in [0.5, 0.6) is 0 Å². The quantitative estimate of drug-likeness (QED) is 0.583. The van der Waals surface area contributed by atoms with Crippen LogP contribution in [0.15, 0.2) is 29.3 Å². The normalized spacial score (nSPS) is 11.6. The molecule has 1 aromatic carbocycles. The topological polar surface area (TPSA) is 79.1 Å². The number of nitrogens with zero attached hydrogens (tertiary/aromatic N) is 2. The maximum absolute atomic E-state index is 5.88. The Morgan fingerprint density at radius 2 is 2.16 bits per heavy atom. The number of benzene rings is 1. The number of anilines is 1. The molecular weight excluding hydrogens is 238 g/mol. The average molecular weight is 257 g/mol. The maximum Gasteiger partial charge on any atom is 0.193 e. The first-order chi connectivity index (χ1) is 9.06. The van der Waals surface area contributed by atoms with Gasteiger partial charge in [0.1, 0.15) is 0 Å². The van der Waals surface area contributed by atoms with E-state index in [4.69, 9.17) is 5.73 Å². The Kier molecular flexibility index (Phi) is 3.85. The zero-order valence-corrected chi connectivity index (χ0v) is 11.5. The molecule has 0 spiro atoms. The summed E-state index contributed by atoms with van der Waals surface area (Å²) in [7, 11) is 0. The summed E-state index contributed by atoms with van der Waals surface area (Å²) in [5.74, 6) is 0.408. The highest BCUT2D eigenvalue weighted by Crippen LogP contribution is 2.11. The number of H-pyrrole nitrogens is 1. The monoisotopic (exact) mass is 257 g/mol. The van der Waals surface area contributed by atoms with E-state index >= 15 is 0 Å². The fraction of sp³-hybridized carbons (Fsp3) is 0.286. The Hall–Kier alpha value is -2.30. The Bertz CT molecular complexity index is 578. The molecule has 0 saturated carbocycles. The van der Waals surface area contributed by atoms with Crippen LogP contribution in [0.4, 0.5) is 5.69 Å². The Balaban J connectivity index is 2.04. The first kappa shape index (κ1) is 13.1. The number of hydrogen-bond donors (Lipinski definition) is 3. The summed E-state index contributed by atoms with van der Waals surface area (Å²) < 4.78 is 0. The molecule has 5 heteroatoms. The molecular formula is C14H19N5. The van der Waals surface area contributed by atoms with Gasteiger partial charge in [0.05, 0.1) is 12.2 Å². The van der Waals surface area contributed by atoms with Gasteiger partial charge in [0, 0.05) is 16.9 Å². The number of aliphatic imine (C=N–C) groups is 1. The fourth-order valence-corrected chi connectivity index (χ4v) is 1.88. The first-order valence-electron chi connectivity index (χ1n) is 6.20. The number of hydrogen-bond acceptors (Lipinski definition) is 2. The van der Waals surface area contributed by atoms with Crippen molar-refractivity contribution in [2.45, 2.75) is 27.3 Å². The Morgan fingerprint density at radius 1 is 1.37 bits per heavy atom. The number of aromatic amines is 1. The molecule has 2 rings (SSSR count). The van der Waals surface area contributed by atoms with Crippen molar-refractivity contribution in [1.29, 1.82) is 0 Å². The van der Waals surface area contributed by atoms with Crippen molar-refractivity contribution in [3.05, 3.63) is 46.8 Å². The second kappa shape index (κ2) is 5.56. The second-order valence-electron chi connectivity index (χ2n) is 4.61. The summed E-state index contributed by atoms with van der Waals surface area (Å²) in [5.41, 5.74) is 11.1. The SMILES string of the molecule is Cc1cccc(NC(N)=NCc2c(C)n[nH]c2C)c1. The van der Waals surface area contributed by atoms with E-state index < -0.39 is 0 Å². The molecule has 4 N–H and O–H groups in total. The molecule has 100 valence electrons. The minimum Gasteiger partial charge on any atom is -0.370 e. The maximum atomic E-state index is 5.88. The van der Waals surface area contributed by atoms with Crippen molar-refractivity contribution >= 4 is 11.6 Å². The third-order valence-corrected chi connectivity index (χ3v) is 2.98. The van der Waals surface area contributed by atoms with Crippen LogP contribution < -0.4 is 11.1 Å². The lowest BCUT2D eigenvalue weighted by Crippen LogP contribution is -2.22. The van der Waals surface area contributed by atoms with Crippen LogP contribution in [-0.4, -0.2) is 16.2 Å². The molecule has 0 aliphatic carbocycles. The van der Waals surface area contributed by atoms with E-state index in [-0.39, 0.29) is 0 Å². The van der Waals surface area contributed by atoms with Gasteiger partial charge in [-0.15, -0.1) is 0 Å². The van der Waals surface area contributed by atoms with Gasteiger partial charge in [-0.3, -0.25) is 5.10 Å². The van der Waals surface area contributed by atoms with Gasteiger partial charge in [-0.2, -0.15) is 5.10 Å². The molecule has 0 bridgehead atoms. The highest BCUT2D eigenvalue weighted by atomic mass is 15.1. The molecule has 0 aliphatic rings. The van der Waals surface area contributed by atoms with E-state index in [1.165, 1.54) is 5.56 Å². The summed E-state index contributed by atoms with van der Waals surface area (Å²) >= 11 is 0. The predicted molar refractivity (Wildman–Crippen MR) is 78.2 cm³/mol. The highest BCUT2D eigenvalue weighted by molar-refractivity contribution is 5.92. The van der Waals surface area contributed by atoms with E-state index in [1.807, 2.05) is 45.0 Å². The molecule has 0 amide bonds. The van der Waals surface area contributed by atoms with E-state index in [1.54, 1.807) is 0 Å². The molecule has 0 unspecified atom stereocenters. The molecule has 0 aliphatic heterocycles. The van der Waals surface area contributed by atoms with Gasteiger partial charge in [-0.25, -0.2) is 4.99 Å². The van der Waals surface area contributed by atoms with Gasteiger partial charge in [-0.1, -0.05) is 12.1 Å². The third-order valence-electron chi connectivity index (χ3n) is 2.98. The van der Waals surface area contributed by atoms with Crippen LogP contribution in [0.25, 0.3) is 0 Å². The van der Waals surface area contributed by atoms with Gasteiger partial charge in [0.25, 0.3) is 0 Å². The standard InChI is InChI=1S/C14H19N5/c1-9-5-4-6-12(7-9)17-14(15)16-8-13-10(2)18-19-11(13)3/h4-7H,8H2,1-3H3,(H,18,19)(H3,15,16,17). The predicted octanol–water partition coefficient (Wildman–Crippen LogP) is 2.26. The van der Waals surface area contributed by atoms with Crippen LogP contribution in [0.1, 0.15) is 22.5 Å². The molecule has 1 heterocycles. The molecule has 0 fully saturated rings. The molecule has 0 radical (unpaired) electrons. The molecule has 0 saturated heterocycles. The van der Waals surface area contributed by atoms with Gasteiger partial charge in [0.2, 0.25) is 0 Å². The molecule has 5 nitrogen and oxygen atoms in total. The van der Waals surface area contributed by atoms with Crippen LogP contribution in [-0.2, 0) is 6.54 Å². The number of nitrogens with two attached hydrogens (primary N) is 1. The van der Waals surface area contributed by atoms with Crippen LogP contribution in [0.3, 0.4) is 0 Å². The largest absolute Gasteiger partial charge is 0.370 e. The summed E-state index contributed by atoms with van der Waals surface area (Å²) in [4.78, 5) is 4.34. The van der Waals surface area contributed by atoms with E-state index in [2.05, 4.69) is 20.5 Å². The lowest BCUT2D eigenvalue weighted by atomic mass is 10.2. The van der Waals surface area contributed by atoms with E-state index in [0.717, 1.165) is 22.6 Å². The van der Waals surface area contributed by atoms with Crippen molar-refractivity contribution in [2.24, 2.45) is 10.7 Å². The zero-order chi connectivity index (χ0) is 13.8. The molecule has 2 aromatic rings. The van der Waals surface area contributed by atoms with Crippen molar-refractivity contribution < 1.29 is 0 Å². The van der Waals surface area contributed by atoms with E-state index in [0.29, 0.717) is 12.5 Å². The summed E-state index contributed by atoms with van der Waals surface area (Å²) in [6.45, 7) is 6.50. The first-order valence-corrected chi connectivity index (χ1v) is 6.20.